The highest BCUT2D eigenvalue weighted by Gasteiger charge is 2.10. The van der Waals surface area contributed by atoms with Gasteiger partial charge in [-0.1, -0.05) is 24.3 Å². The Labute approximate surface area is 91.7 Å². The van der Waals surface area contributed by atoms with Crippen molar-refractivity contribution in [3.05, 3.63) is 42.5 Å². The van der Waals surface area contributed by atoms with Crippen molar-refractivity contribution in [1.29, 1.82) is 0 Å². The SMILES string of the molecule is C=CCC(N)c1ccccc1OC(C)C. The maximum absolute atomic E-state index is 6.03. The van der Waals surface area contributed by atoms with E-state index in [4.69, 9.17) is 10.5 Å². The fourth-order valence-electron chi connectivity index (χ4n) is 1.45. The molecule has 0 aliphatic rings. The third kappa shape index (κ3) is 3.40. The summed E-state index contributed by atoms with van der Waals surface area (Å²) >= 11 is 0. The maximum Gasteiger partial charge on any atom is 0.124 e. The molecule has 2 heteroatoms. The molecule has 0 saturated carbocycles. The van der Waals surface area contributed by atoms with Crippen LogP contribution in [0, 0.1) is 0 Å². The molecule has 15 heavy (non-hydrogen) atoms. The number of ether oxygens (including phenoxy) is 1. The molecule has 0 radical (unpaired) electrons. The van der Waals surface area contributed by atoms with Gasteiger partial charge in [-0.15, -0.1) is 6.58 Å². The van der Waals surface area contributed by atoms with Gasteiger partial charge in [-0.2, -0.15) is 0 Å². The van der Waals surface area contributed by atoms with Crippen molar-refractivity contribution in [3.63, 3.8) is 0 Å². The van der Waals surface area contributed by atoms with Crippen LogP contribution < -0.4 is 10.5 Å². The van der Waals surface area contributed by atoms with Crippen molar-refractivity contribution in [2.45, 2.75) is 32.4 Å². The lowest BCUT2D eigenvalue weighted by molar-refractivity contribution is 0.238. The summed E-state index contributed by atoms with van der Waals surface area (Å²) < 4.78 is 5.70. The first-order valence-corrected chi connectivity index (χ1v) is 5.27. The number of nitrogens with two attached hydrogens (primary N) is 1. The molecule has 1 rings (SSSR count). The number of benzene rings is 1. The van der Waals surface area contributed by atoms with Crippen molar-refractivity contribution in [1.82, 2.24) is 0 Å². The van der Waals surface area contributed by atoms with Crippen molar-refractivity contribution < 1.29 is 4.74 Å². The topological polar surface area (TPSA) is 35.2 Å². The summed E-state index contributed by atoms with van der Waals surface area (Å²) in [6, 6.07) is 7.87. The minimum absolute atomic E-state index is 0.0301. The third-order valence-electron chi connectivity index (χ3n) is 2.10. The zero-order valence-corrected chi connectivity index (χ0v) is 9.44. The lowest BCUT2D eigenvalue weighted by atomic mass is 10.0. The summed E-state index contributed by atoms with van der Waals surface area (Å²) in [5, 5.41) is 0. The van der Waals surface area contributed by atoms with E-state index < -0.39 is 0 Å². The highest BCUT2D eigenvalue weighted by molar-refractivity contribution is 5.36. The van der Waals surface area contributed by atoms with E-state index in [-0.39, 0.29) is 12.1 Å². The lowest BCUT2D eigenvalue weighted by Crippen LogP contribution is -2.13. The predicted molar refractivity (Wildman–Crippen MR) is 63.9 cm³/mol. The zero-order valence-electron chi connectivity index (χ0n) is 9.44. The summed E-state index contributed by atoms with van der Waals surface area (Å²) in [4.78, 5) is 0. The van der Waals surface area contributed by atoms with Crippen molar-refractivity contribution >= 4 is 0 Å². The largest absolute Gasteiger partial charge is 0.491 e. The van der Waals surface area contributed by atoms with Gasteiger partial charge in [-0.05, 0) is 26.3 Å². The molecule has 0 aliphatic carbocycles. The minimum atomic E-state index is -0.0301. The summed E-state index contributed by atoms with van der Waals surface area (Å²) in [7, 11) is 0. The number of rotatable bonds is 5. The standard InChI is InChI=1S/C13H19NO/c1-4-7-12(14)11-8-5-6-9-13(11)15-10(2)3/h4-6,8-10,12H,1,7,14H2,2-3H3. The summed E-state index contributed by atoms with van der Waals surface area (Å²) in [5.41, 5.74) is 7.08. The molecule has 0 bridgehead atoms. The third-order valence-corrected chi connectivity index (χ3v) is 2.10. The van der Waals surface area contributed by atoms with Gasteiger partial charge in [-0.3, -0.25) is 0 Å². The van der Waals surface area contributed by atoms with Crippen LogP contribution in [0.5, 0.6) is 5.75 Å². The molecule has 1 unspecified atom stereocenters. The summed E-state index contributed by atoms with van der Waals surface area (Å²) in [6.45, 7) is 7.72. The highest BCUT2D eigenvalue weighted by atomic mass is 16.5. The van der Waals surface area contributed by atoms with Gasteiger partial charge in [0.15, 0.2) is 0 Å². The van der Waals surface area contributed by atoms with Crippen LogP contribution in [-0.2, 0) is 0 Å². The molecular formula is C13H19NO. The Hall–Kier alpha value is -1.28. The Morgan fingerprint density at radius 1 is 1.40 bits per heavy atom. The van der Waals surface area contributed by atoms with Gasteiger partial charge in [0.25, 0.3) is 0 Å². The molecule has 1 aromatic carbocycles. The quantitative estimate of drug-likeness (QED) is 0.750. The van der Waals surface area contributed by atoms with E-state index in [1.807, 2.05) is 44.2 Å². The van der Waals surface area contributed by atoms with Gasteiger partial charge in [0, 0.05) is 11.6 Å². The Morgan fingerprint density at radius 3 is 2.67 bits per heavy atom. The molecule has 0 saturated heterocycles. The van der Waals surface area contributed by atoms with Gasteiger partial charge in [-0.25, -0.2) is 0 Å². The van der Waals surface area contributed by atoms with E-state index in [9.17, 15) is 0 Å². The van der Waals surface area contributed by atoms with Crippen molar-refractivity contribution in [2.75, 3.05) is 0 Å². The van der Waals surface area contributed by atoms with Crippen LogP contribution in [0.4, 0.5) is 0 Å². The highest BCUT2D eigenvalue weighted by Crippen LogP contribution is 2.26. The number of para-hydroxylation sites is 1. The number of hydrogen-bond acceptors (Lipinski definition) is 2. The Balaban J connectivity index is 2.89. The van der Waals surface area contributed by atoms with Crippen LogP contribution in [0.25, 0.3) is 0 Å². The zero-order chi connectivity index (χ0) is 11.3. The predicted octanol–water partition coefficient (Wildman–Crippen LogP) is 3.05. The van der Waals surface area contributed by atoms with Gasteiger partial charge >= 0.3 is 0 Å². The molecule has 0 spiro atoms. The Morgan fingerprint density at radius 2 is 2.07 bits per heavy atom. The smallest absolute Gasteiger partial charge is 0.124 e. The molecule has 0 aliphatic heterocycles. The average Bonchev–Trinajstić information content (AvgIpc) is 2.18. The second-order valence-corrected chi connectivity index (χ2v) is 3.84. The molecule has 0 heterocycles. The molecule has 82 valence electrons. The van der Waals surface area contributed by atoms with E-state index >= 15 is 0 Å². The minimum Gasteiger partial charge on any atom is -0.491 e. The first-order valence-electron chi connectivity index (χ1n) is 5.27. The van der Waals surface area contributed by atoms with Gasteiger partial charge in [0.2, 0.25) is 0 Å². The normalized spacial score (nSPS) is 12.5. The van der Waals surface area contributed by atoms with Crippen molar-refractivity contribution in [2.24, 2.45) is 5.73 Å². The molecule has 1 atom stereocenters. The second-order valence-electron chi connectivity index (χ2n) is 3.84. The monoisotopic (exact) mass is 205 g/mol. The van der Waals surface area contributed by atoms with Gasteiger partial charge < -0.3 is 10.5 Å². The fourth-order valence-corrected chi connectivity index (χ4v) is 1.45. The molecule has 0 fully saturated rings. The van der Waals surface area contributed by atoms with Crippen LogP contribution in [0.15, 0.2) is 36.9 Å². The first kappa shape index (κ1) is 11.8. The van der Waals surface area contributed by atoms with E-state index in [0.717, 1.165) is 17.7 Å². The molecule has 0 aromatic heterocycles. The van der Waals surface area contributed by atoms with E-state index in [1.165, 1.54) is 0 Å². The molecule has 0 amide bonds. The first-order chi connectivity index (χ1) is 7.15. The molecular weight excluding hydrogens is 186 g/mol. The second kappa shape index (κ2) is 5.56. The van der Waals surface area contributed by atoms with Crippen LogP contribution in [0.2, 0.25) is 0 Å². The average molecular weight is 205 g/mol. The van der Waals surface area contributed by atoms with E-state index in [1.54, 1.807) is 0 Å². The Bertz CT molecular complexity index is 320. The van der Waals surface area contributed by atoms with Gasteiger partial charge in [0.1, 0.15) is 5.75 Å². The van der Waals surface area contributed by atoms with Gasteiger partial charge in [0.05, 0.1) is 6.10 Å². The van der Waals surface area contributed by atoms with E-state index in [0.29, 0.717) is 0 Å². The summed E-state index contributed by atoms with van der Waals surface area (Å²) in [5.74, 6) is 0.877. The lowest BCUT2D eigenvalue weighted by Gasteiger charge is -2.17. The molecule has 1 aromatic rings. The molecule has 2 nitrogen and oxygen atoms in total. The fraction of sp³-hybridized carbons (Fsp3) is 0.385. The van der Waals surface area contributed by atoms with E-state index in [2.05, 4.69) is 6.58 Å². The van der Waals surface area contributed by atoms with Crippen molar-refractivity contribution in [3.8, 4) is 5.75 Å². The maximum atomic E-state index is 6.03. The van der Waals surface area contributed by atoms with Crippen LogP contribution >= 0.6 is 0 Å². The van der Waals surface area contributed by atoms with Crippen LogP contribution in [-0.4, -0.2) is 6.10 Å². The molecule has 2 N–H and O–H groups in total. The van der Waals surface area contributed by atoms with Crippen LogP contribution in [0.1, 0.15) is 31.9 Å². The van der Waals surface area contributed by atoms with Crippen LogP contribution in [0.3, 0.4) is 0 Å². The Kier molecular flexibility index (Phi) is 4.37. The summed E-state index contributed by atoms with van der Waals surface area (Å²) in [6.07, 6.45) is 2.76. The number of hydrogen-bond donors (Lipinski definition) is 1.